The van der Waals surface area contributed by atoms with Gasteiger partial charge in [-0.05, 0) is 175 Å². The molecule has 6 nitrogen and oxygen atoms in total. The van der Waals surface area contributed by atoms with Gasteiger partial charge in [0.05, 0.1) is 33.8 Å². The van der Waals surface area contributed by atoms with Crippen molar-refractivity contribution >= 4 is 43.6 Å². The van der Waals surface area contributed by atoms with E-state index in [1.165, 1.54) is 114 Å². The van der Waals surface area contributed by atoms with Gasteiger partial charge in [0.2, 0.25) is 11.9 Å². The van der Waals surface area contributed by atoms with Gasteiger partial charge in [0.1, 0.15) is 0 Å². The number of aromatic nitrogens is 5. The summed E-state index contributed by atoms with van der Waals surface area (Å²) in [6.07, 6.45) is 13.7. The van der Waals surface area contributed by atoms with Crippen LogP contribution in [0.4, 0.5) is 0 Å². The molecule has 0 radical (unpaired) electrons. The molecule has 5 unspecified atom stereocenters. The molecule has 7 fully saturated rings. The molecule has 71 heavy (non-hydrogen) atoms. The first kappa shape index (κ1) is 39.8. The normalized spacial score (nSPS) is 29.7. The number of fused-ring (bicyclic) bond motifs is 10. The minimum atomic E-state index is -0.194. The fraction of sp³-hybridized carbons (Fsp3) is 0.308. The van der Waals surface area contributed by atoms with Gasteiger partial charge in [0.15, 0.2) is 5.82 Å². The summed E-state index contributed by atoms with van der Waals surface area (Å²) in [5.41, 5.74) is 13.5. The second-order valence-electron chi connectivity index (χ2n) is 23.2. The van der Waals surface area contributed by atoms with E-state index in [9.17, 15) is 0 Å². The molecule has 1 aliphatic heterocycles. The highest BCUT2D eigenvalue weighted by Gasteiger charge is 2.68. The molecule has 8 aliphatic rings. The smallest absolute Gasteiger partial charge is 0.240 e. The lowest BCUT2D eigenvalue weighted by Gasteiger charge is -2.62. The van der Waals surface area contributed by atoms with Gasteiger partial charge in [0.25, 0.3) is 0 Å². The molecule has 7 saturated carbocycles. The second-order valence-corrected chi connectivity index (χ2v) is 23.2. The summed E-state index contributed by atoms with van der Waals surface area (Å²) in [5, 5.41) is 4.75. The second kappa shape index (κ2) is 14.4. The van der Waals surface area contributed by atoms with Crippen LogP contribution in [0.1, 0.15) is 81.3 Å². The van der Waals surface area contributed by atoms with Gasteiger partial charge in [0, 0.05) is 27.1 Å². The molecule has 346 valence electrons. The van der Waals surface area contributed by atoms with Gasteiger partial charge < -0.3 is 4.74 Å². The molecular weight excluding hydrogens is 867 g/mol. The molecule has 5 atom stereocenters. The van der Waals surface area contributed by atoms with Crippen molar-refractivity contribution in [3.8, 4) is 45.5 Å². The zero-order valence-corrected chi connectivity index (χ0v) is 39.9. The summed E-state index contributed by atoms with van der Waals surface area (Å²) in [4.78, 5) is 17.0. The first-order valence-electron chi connectivity index (χ1n) is 26.8. The van der Waals surface area contributed by atoms with Crippen LogP contribution in [0.2, 0.25) is 0 Å². The highest BCUT2D eigenvalue weighted by atomic mass is 16.5. The lowest BCUT2D eigenvalue weighted by molar-refractivity contribution is -0.233. The van der Waals surface area contributed by atoms with E-state index in [-0.39, 0.29) is 5.60 Å². The predicted octanol–water partition coefficient (Wildman–Crippen LogP) is 15.4. The zero-order valence-electron chi connectivity index (χ0n) is 39.9. The molecule has 4 heterocycles. The standard InChI is InChI=1S/C65H55N5O/c1-3-13-40(14-4-1)49-19-11-23-57-59(49)51-17-7-9-21-55(51)69(57)62-66-61(67-63(68-62)70-56-22-10-8-18-52(56)60-50(20-12-24-58(60)70)41-15-5-2-6-16-41)42-25-26-54-53(33-42)43-32-44-34-45-35-48(37-64(44,45)36-43)71-65(54)46-28-38-27-39(30-46)31-47(65)29-38/h1-26,33,38-39,43-48H,27-32,34-37H2. The first-order valence-corrected chi connectivity index (χ1v) is 26.8. The molecule has 2 spiro atoms. The number of ether oxygens (including phenoxy) is 1. The summed E-state index contributed by atoms with van der Waals surface area (Å²) >= 11 is 0. The van der Waals surface area contributed by atoms with Crippen molar-refractivity contribution in [2.75, 3.05) is 0 Å². The molecule has 7 aromatic carbocycles. The first-order chi connectivity index (χ1) is 35.1. The molecule has 0 amide bonds. The summed E-state index contributed by atoms with van der Waals surface area (Å²) in [5.74, 6) is 7.08. The van der Waals surface area contributed by atoms with Gasteiger partial charge in [-0.3, -0.25) is 9.13 Å². The predicted molar refractivity (Wildman–Crippen MR) is 284 cm³/mol. The number of rotatable bonds is 5. The zero-order chi connectivity index (χ0) is 46.2. The third kappa shape index (κ3) is 5.39. The molecule has 7 bridgehead atoms. The maximum Gasteiger partial charge on any atom is 0.240 e. The van der Waals surface area contributed by atoms with Crippen LogP contribution in [-0.2, 0) is 10.3 Å². The van der Waals surface area contributed by atoms with Crippen LogP contribution < -0.4 is 0 Å². The van der Waals surface area contributed by atoms with E-state index in [1.807, 2.05) is 0 Å². The van der Waals surface area contributed by atoms with Crippen molar-refractivity contribution in [3.05, 3.63) is 175 Å². The Bertz CT molecular complexity index is 3650. The van der Waals surface area contributed by atoms with E-state index in [0.717, 1.165) is 51.3 Å². The van der Waals surface area contributed by atoms with Crippen LogP contribution in [0.25, 0.3) is 89.2 Å². The maximum absolute atomic E-state index is 7.98. The van der Waals surface area contributed by atoms with Crippen molar-refractivity contribution in [3.63, 3.8) is 0 Å². The van der Waals surface area contributed by atoms with Crippen LogP contribution >= 0.6 is 0 Å². The molecule has 7 aliphatic carbocycles. The van der Waals surface area contributed by atoms with E-state index in [4.69, 9.17) is 19.7 Å². The van der Waals surface area contributed by atoms with Gasteiger partial charge >= 0.3 is 0 Å². The van der Waals surface area contributed by atoms with Gasteiger partial charge in [-0.1, -0.05) is 133 Å². The highest BCUT2D eigenvalue weighted by Crippen LogP contribution is 2.75. The minimum Gasteiger partial charge on any atom is -0.366 e. The number of hydrogen-bond donors (Lipinski definition) is 0. The van der Waals surface area contributed by atoms with Crippen LogP contribution in [0, 0.1) is 40.9 Å². The fourth-order valence-corrected chi connectivity index (χ4v) is 17.6. The largest absolute Gasteiger partial charge is 0.366 e. The molecule has 0 saturated heterocycles. The Hall–Kier alpha value is -6.89. The molecular formula is C65H55N5O. The van der Waals surface area contributed by atoms with Crippen molar-refractivity contribution in [1.29, 1.82) is 0 Å². The molecule has 18 rings (SSSR count). The van der Waals surface area contributed by atoms with Crippen molar-refractivity contribution in [2.24, 2.45) is 40.9 Å². The SMILES string of the molecule is c1ccc(-c2cccc3c2c2ccccc2n3-c2nc(-c3ccc4c(c3)C3CC5CC6CC(CC65C3)OC43C4CC5CC(C4)CC3C5)nc(-n3c4ccccc4c4c(-c5ccccc5)cccc43)n2)cc1. The van der Waals surface area contributed by atoms with Gasteiger partial charge in [-0.2, -0.15) is 15.0 Å². The van der Waals surface area contributed by atoms with Gasteiger partial charge in [-0.15, -0.1) is 0 Å². The minimum absolute atomic E-state index is 0.194. The summed E-state index contributed by atoms with van der Waals surface area (Å²) in [6, 6.07) is 60.0. The Morgan fingerprint density at radius 1 is 0.437 bits per heavy atom. The van der Waals surface area contributed by atoms with Crippen LogP contribution in [-0.4, -0.2) is 30.2 Å². The van der Waals surface area contributed by atoms with Crippen molar-refractivity contribution in [1.82, 2.24) is 24.1 Å². The van der Waals surface area contributed by atoms with Crippen LogP contribution in [0.3, 0.4) is 0 Å². The van der Waals surface area contributed by atoms with E-state index >= 15 is 0 Å². The van der Waals surface area contributed by atoms with Crippen LogP contribution in [0.5, 0.6) is 0 Å². The summed E-state index contributed by atoms with van der Waals surface area (Å²) in [6.45, 7) is 0. The molecule has 6 heteroatoms. The van der Waals surface area contributed by atoms with Crippen LogP contribution in [0.15, 0.2) is 164 Å². The Kier molecular flexibility index (Phi) is 8.06. The molecule has 10 aromatic rings. The number of para-hydroxylation sites is 2. The third-order valence-corrected chi connectivity index (χ3v) is 20.0. The Labute approximate surface area is 413 Å². The van der Waals surface area contributed by atoms with E-state index in [2.05, 4.69) is 173 Å². The third-order valence-electron chi connectivity index (χ3n) is 20.0. The summed E-state index contributed by atoms with van der Waals surface area (Å²) in [7, 11) is 0. The fourth-order valence-electron chi connectivity index (χ4n) is 17.6. The number of benzene rings is 7. The highest BCUT2D eigenvalue weighted by molar-refractivity contribution is 6.16. The van der Waals surface area contributed by atoms with Gasteiger partial charge in [-0.25, -0.2) is 0 Å². The lowest BCUT2D eigenvalue weighted by atomic mass is 9.48. The van der Waals surface area contributed by atoms with Crippen molar-refractivity contribution < 1.29 is 4.74 Å². The Morgan fingerprint density at radius 3 is 1.59 bits per heavy atom. The monoisotopic (exact) mass is 921 g/mol. The van der Waals surface area contributed by atoms with E-state index < -0.39 is 0 Å². The van der Waals surface area contributed by atoms with Crippen molar-refractivity contribution in [2.45, 2.75) is 81.8 Å². The maximum atomic E-state index is 7.98. The Balaban J connectivity index is 0.933. The van der Waals surface area contributed by atoms with E-state index in [0.29, 0.717) is 47.0 Å². The average Bonchev–Trinajstić information content (AvgIpc) is 4.12. The average molecular weight is 922 g/mol. The Morgan fingerprint density at radius 2 is 0.986 bits per heavy atom. The molecule has 3 aromatic heterocycles. The number of hydrogen-bond acceptors (Lipinski definition) is 4. The topological polar surface area (TPSA) is 57.8 Å². The lowest BCUT2D eigenvalue weighted by Crippen LogP contribution is -2.58. The van der Waals surface area contributed by atoms with E-state index in [1.54, 1.807) is 5.56 Å². The number of nitrogens with zero attached hydrogens (tertiary/aromatic N) is 5. The summed E-state index contributed by atoms with van der Waals surface area (Å²) < 4.78 is 12.6. The quantitative estimate of drug-likeness (QED) is 0.173. The molecule has 0 N–H and O–H groups in total.